The van der Waals surface area contributed by atoms with E-state index in [0.717, 1.165) is 31.2 Å². The number of hydrogen-bond acceptors (Lipinski definition) is 8. The summed E-state index contributed by atoms with van der Waals surface area (Å²) in [6, 6.07) is 14.1. The number of ether oxygens (including phenoxy) is 1. The van der Waals surface area contributed by atoms with Gasteiger partial charge in [0.1, 0.15) is 5.82 Å². The number of primary amides is 1. The van der Waals surface area contributed by atoms with Crippen LogP contribution in [0.2, 0.25) is 0 Å². The van der Waals surface area contributed by atoms with Crippen molar-refractivity contribution in [3.8, 4) is 0 Å². The Morgan fingerprint density at radius 3 is 2.60 bits per heavy atom. The number of nitrogens with two attached hydrogens (primary N) is 1. The van der Waals surface area contributed by atoms with Crippen molar-refractivity contribution in [1.29, 1.82) is 0 Å². The molecule has 1 amide bonds. The topological polar surface area (TPSA) is 140 Å². The highest BCUT2D eigenvalue weighted by Gasteiger charge is 2.28. The molecule has 10 nitrogen and oxygen atoms in total. The van der Waals surface area contributed by atoms with Gasteiger partial charge in [-0.3, -0.25) is 4.79 Å². The molecule has 43 heavy (non-hydrogen) atoms. The van der Waals surface area contributed by atoms with Crippen molar-refractivity contribution in [2.45, 2.75) is 58.4 Å². The number of benzene rings is 2. The van der Waals surface area contributed by atoms with Gasteiger partial charge in [0.15, 0.2) is 0 Å². The normalized spacial score (nSPS) is 14.5. The first-order chi connectivity index (χ1) is 20.7. The zero-order chi connectivity index (χ0) is 30.8. The number of nitrogens with zero attached hydrogens (tertiary/aromatic N) is 3. The van der Waals surface area contributed by atoms with Gasteiger partial charge in [-0.05, 0) is 84.1 Å². The van der Waals surface area contributed by atoms with Crippen LogP contribution in [-0.2, 0) is 27.6 Å². The van der Waals surface area contributed by atoms with Gasteiger partial charge in [-0.2, -0.15) is 4.98 Å². The lowest BCUT2D eigenvalue weighted by Crippen LogP contribution is -2.44. The largest absolute Gasteiger partial charge is 0.380 e. The highest BCUT2D eigenvalue weighted by Crippen LogP contribution is 2.28. The van der Waals surface area contributed by atoms with E-state index in [1.165, 1.54) is 11.1 Å². The number of halogens is 1. The lowest BCUT2D eigenvalue weighted by Gasteiger charge is -2.31. The lowest BCUT2D eigenvalue weighted by molar-refractivity contribution is 0.100. The molecular weight excluding hydrogens is 632 g/mol. The summed E-state index contributed by atoms with van der Waals surface area (Å²) in [6.45, 7) is 5.58. The van der Waals surface area contributed by atoms with Gasteiger partial charge in [0.25, 0.3) is 5.91 Å². The number of nitrogens with one attached hydrogen (secondary N) is 2. The Balaban J connectivity index is 1.19. The highest BCUT2D eigenvalue weighted by atomic mass is 79.9. The maximum atomic E-state index is 12.9. The molecule has 1 saturated heterocycles. The molecule has 2 aromatic carbocycles. The van der Waals surface area contributed by atoms with Crippen LogP contribution in [0.3, 0.4) is 0 Å². The number of hydrogen-bond donors (Lipinski definition) is 3. The number of aromatic nitrogens is 2. The highest BCUT2D eigenvalue weighted by molar-refractivity contribution is 9.10. The van der Waals surface area contributed by atoms with Crippen LogP contribution in [0.15, 0.2) is 53.1 Å². The van der Waals surface area contributed by atoms with Gasteiger partial charge in [0.05, 0.1) is 28.1 Å². The summed E-state index contributed by atoms with van der Waals surface area (Å²) in [6.07, 6.45) is 6.84. The molecule has 232 valence electrons. The second-order valence-electron chi connectivity index (χ2n) is 10.8. The van der Waals surface area contributed by atoms with E-state index >= 15 is 0 Å². The molecule has 0 spiro atoms. The summed E-state index contributed by atoms with van der Waals surface area (Å²) in [7, 11) is -3.39. The molecule has 0 unspecified atom stereocenters. The minimum absolute atomic E-state index is 0.0132. The molecule has 3 aromatic rings. The molecule has 1 aliphatic rings. The quantitative estimate of drug-likeness (QED) is 0.187. The number of rotatable bonds is 15. The predicted octanol–water partition coefficient (Wildman–Crippen LogP) is 5.20. The first kappa shape index (κ1) is 32.8. The SMILES string of the molecule is CCc1cccc(CCCCOCCS(=O)(=O)N2CCC(Nc3ncc(Br)c(Nc4cccc(C)c4C(N)=O)n3)CC2)c1. The smallest absolute Gasteiger partial charge is 0.251 e. The van der Waals surface area contributed by atoms with Crippen molar-refractivity contribution in [2.75, 3.05) is 42.7 Å². The number of anilines is 3. The molecule has 0 radical (unpaired) electrons. The third-order valence-corrected chi connectivity index (χ3v) is 10.0. The van der Waals surface area contributed by atoms with E-state index in [1.54, 1.807) is 16.6 Å². The van der Waals surface area contributed by atoms with Crippen molar-refractivity contribution in [2.24, 2.45) is 5.73 Å². The van der Waals surface area contributed by atoms with E-state index in [1.807, 2.05) is 19.1 Å². The number of carbonyl (C=O) groups is 1. The van der Waals surface area contributed by atoms with E-state index in [-0.39, 0.29) is 18.4 Å². The standard InChI is InChI=1S/C31H41BrN6O4S/c1-3-23-10-7-11-24(20-23)9-4-5-17-42-18-19-43(40,41)38-15-13-25(14-16-38)35-31-34-21-26(32)30(37-31)36-27-12-6-8-22(2)28(27)29(33)39/h6-8,10-12,20-21,25H,3-5,9,13-19H2,1-2H3,(H2,33,39)(H2,34,35,36,37). The molecule has 1 aromatic heterocycles. The number of piperidine rings is 1. The first-order valence-corrected chi connectivity index (χ1v) is 17.2. The van der Waals surface area contributed by atoms with E-state index in [4.69, 9.17) is 10.5 Å². The number of amides is 1. The molecule has 0 aliphatic carbocycles. The van der Waals surface area contributed by atoms with Crippen LogP contribution in [0.1, 0.15) is 59.7 Å². The van der Waals surface area contributed by atoms with Crippen LogP contribution in [-0.4, -0.2) is 66.7 Å². The van der Waals surface area contributed by atoms with Gasteiger partial charge in [-0.25, -0.2) is 17.7 Å². The van der Waals surface area contributed by atoms with Gasteiger partial charge in [0, 0.05) is 31.9 Å². The Morgan fingerprint density at radius 1 is 1.12 bits per heavy atom. The minimum Gasteiger partial charge on any atom is -0.380 e. The summed E-state index contributed by atoms with van der Waals surface area (Å²) in [5.74, 6) is 0.352. The number of sulfonamides is 1. The van der Waals surface area contributed by atoms with Gasteiger partial charge in [-0.1, -0.05) is 43.3 Å². The molecular formula is C31H41BrN6O4S. The monoisotopic (exact) mass is 672 g/mol. The molecule has 0 atom stereocenters. The third-order valence-electron chi connectivity index (χ3n) is 7.59. The molecule has 0 saturated carbocycles. The fraction of sp³-hybridized carbons (Fsp3) is 0.452. The van der Waals surface area contributed by atoms with E-state index in [9.17, 15) is 13.2 Å². The van der Waals surface area contributed by atoms with Gasteiger partial charge in [-0.15, -0.1) is 0 Å². The Labute approximate surface area is 263 Å². The zero-order valence-corrected chi connectivity index (χ0v) is 27.2. The summed E-state index contributed by atoms with van der Waals surface area (Å²) in [5.41, 5.74) is 9.99. The Hall–Kier alpha value is -3.06. The van der Waals surface area contributed by atoms with Crippen LogP contribution in [0.4, 0.5) is 17.5 Å². The Morgan fingerprint density at radius 2 is 1.86 bits per heavy atom. The van der Waals surface area contributed by atoms with Crippen LogP contribution in [0, 0.1) is 6.92 Å². The predicted molar refractivity (Wildman–Crippen MR) is 174 cm³/mol. The molecule has 0 bridgehead atoms. The van der Waals surface area contributed by atoms with Crippen molar-refractivity contribution in [1.82, 2.24) is 14.3 Å². The zero-order valence-electron chi connectivity index (χ0n) is 24.8. The van der Waals surface area contributed by atoms with Crippen molar-refractivity contribution >= 4 is 49.3 Å². The summed E-state index contributed by atoms with van der Waals surface area (Å²) in [4.78, 5) is 20.9. The fourth-order valence-corrected chi connectivity index (χ4v) is 6.79. The van der Waals surface area contributed by atoms with Crippen LogP contribution >= 0.6 is 15.9 Å². The van der Waals surface area contributed by atoms with Crippen LogP contribution in [0.5, 0.6) is 0 Å². The van der Waals surface area contributed by atoms with E-state index in [0.29, 0.717) is 60.0 Å². The number of carbonyl (C=O) groups excluding carboxylic acids is 1. The van der Waals surface area contributed by atoms with Crippen LogP contribution < -0.4 is 16.4 Å². The maximum absolute atomic E-state index is 12.9. The lowest BCUT2D eigenvalue weighted by atomic mass is 10.0. The maximum Gasteiger partial charge on any atom is 0.251 e. The number of aryl methyl sites for hydroxylation is 3. The van der Waals surface area contributed by atoms with Crippen molar-refractivity contribution in [3.05, 3.63) is 75.4 Å². The summed E-state index contributed by atoms with van der Waals surface area (Å²) >= 11 is 3.46. The Kier molecular flexibility index (Phi) is 11.9. The fourth-order valence-electron chi connectivity index (χ4n) is 5.15. The molecule has 2 heterocycles. The van der Waals surface area contributed by atoms with E-state index < -0.39 is 15.9 Å². The molecule has 4 N–H and O–H groups in total. The van der Waals surface area contributed by atoms with Gasteiger partial charge < -0.3 is 21.1 Å². The first-order valence-electron chi connectivity index (χ1n) is 14.7. The second-order valence-corrected chi connectivity index (χ2v) is 13.7. The average molecular weight is 674 g/mol. The molecule has 12 heteroatoms. The van der Waals surface area contributed by atoms with Crippen molar-refractivity contribution in [3.63, 3.8) is 0 Å². The molecule has 1 aliphatic heterocycles. The average Bonchev–Trinajstić information content (AvgIpc) is 2.98. The van der Waals surface area contributed by atoms with Gasteiger partial charge in [0.2, 0.25) is 16.0 Å². The van der Waals surface area contributed by atoms with Crippen molar-refractivity contribution < 1.29 is 17.9 Å². The molecule has 1 fully saturated rings. The van der Waals surface area contributed by atoms with Crippen LogP contribution in [0.25, 0.3) is 0 Å². The third kappa shape index (κ3) is 9.46. The second kappa shape index (κ2) is 15.6. The Bertz CT molecular complexity index is 1500. The molecule has 4 rings (SSSR count). The number of unbranched alkanes of at least 4 members (excludes halogenated alkanes) is 1. The van der Waals surface area contributed by atoms with Gasteiger partial charge >= 0.3 is 0 Å². The summed E-state index contributed by atoms with van der Waals surface area (Å²) < 4.78 is 33.6. The van der Waals surface area contributed by atoms with E-state index in [2.05, 4.69) is 67.7 Å². The minimum atomic E-state index is -3.39. The summed E-state index contributed by atoms with van der Waals surface area (Å²) in [5, 5.41) is 6.50.